The zero-order valence-corrected chi connectivity index (χ0v) is 7.29. The first-order valence-electron chi connectivity index (χ1n) is 3.30. The summed E-state index contributed by atoms with van der Waals surface area (Å²) in [5.41, 5.74) is 4.53. The van der Waals surface area contributed by atoms with Crippen molar-refractivity contribution in [2.45, 2.75) is 6.36 Å². The minimum Gasteiger partial charge on any atom is -0.403 e. The SMILES string of the molecule is Nc1cc(Cl)cc(OC(F)(F)F)c1F. The molecule has 0 heterocycles. The first-order chi connectivity index (χ1) is 6.29. The van der Waals surface area contributed by atoms with Crippen molar-refractivity contribution in [2.24, 2.45) is 0 Å². The molecule has 0 amide bonds. The number of rotatable bonds is 1. The normalized spacial score (nSPS) is 11.5. The molecule has 0 saturated heterocycles. The van der Waals surface area contributed by atoms with Gasteiger partial charge in [0.2, 0.25) is 0 Å². The Labute approximate surface area is 81.2 Å². The van der Waals surface area contributed by atoms with E-state index in [4.69, 9.17) is 17.3 Å². The van der Waals surface area contributed by atoms with E-state index in [2.05, 4.69) is 4.74 Å². The molecule has 0 aliphatic heterocycles. The first-order valence-corrected chi connectivity index (χ1v) is 3.67. The van der Waals surface area contributed by atoms with Gasteiger partial charge in [0.15, 0.2) is 11.6 Å². The van der Waals surface area contributed by atoms with E-state index < -0.39 is 23.6 Å². The number of nitrogens with two attached hydrogens (primary N) is 1. The van der Waals surface area contributed by atoms with Crippen LogP contribution in [0.5, 0.6) is 5.75 Å². The van der Waals surface area contributed by atoms with E-state index in [9.17, 15) is 17.6 Å². The van der Waals surface area contributed by atoms with Crippen molar-refractivity contribution in [3.05, 3.63) is 23.0 Å². The van der Waals surface area contributed by atoms with Crippen molar-refractivity contribution in [2.75, 3.05) is 5.73 Å². The van der Waals surface area contributed by atoms with Crippen molar-refractivity contribution < 1.29 is 22.3 Å². The topological polar surface area (TPSA) is 35.2 Å². The van der Waals surface area contributed by atoms with E-state index in [0.717, 1.165) is 6.07 Å². The molecule has 0 saturated carbocycles. The van der Waals surface area contributed by atoms with Crippen LogP contribution in [-0.2, 0) is 0 Å². The Morgan fingerprint density at radius 2 is 1.86 bits per heavy atom. The predicted molar refractivity (Wildman–Crippen MR) is 42.5 cm³/mol. The van der Waals surface area contributed by atoms with E-state index in [0.29, 0.717) is 6.07 Å². The molecule has 2 N–H and O–H groups in total. The standard InChI is InChI=1S/C7H4ClF4NO/c8-3-1-4(13)6(9)5(2-3)14-7(10,11)12/h1-2H,13H2. The van der Waals surface area contributed by atoms with Crippen LogP contribution in [-0.4, -0.2) is 6.36 Å². The summed E-state index contributed by atoms with van der Waals surface area (Å²) in [6.45, 7) is 0. The molecule has 1 aromatic rings. The van der Waals surface area contributed by atoms with Gasteiger partial charge in [0.25, 0.3) is 0 Å². The molecule has 0 atom stereocenters. The minimum absolute atomic E-state index is 0.136. The van der Waals surface area contributed by atoms with Gasteiger partial charge in [0, 0.05) is 11.1 Å². The highest BCUT2D eigenvalue weighted by molar-refractivity contribution is 6.31. The molecule has 1 rings (SSSR count). The van der Waals surface area contributed by atoms with Crippen molar-refractivity contribution in [1.82, 2.24) is 0 Å². The maximum absolute atomic E-state index is 12.9. The average molecular weight is 230 g/mol. The maximum Gasteiger partial charge on any atom is 0.573 e. The van der Waals surface area contributed by atoms with Gasteiger partial charge < -0.3 is 10.5 Å². The summed E-state index contributed by atoms with van der Waals surface area (Å²) in [6, 6.07) is 1.68. The molecule has 0 bridgehead atoms. The predicted octanol–water partition coefficient (Wildman–Crippen LogP) is 2.96. The molecule has 14 heavy (non-hydrogen) atoms. The fourth-order valence-electron chi connectivity index (χ4n) is 0.783. The second-order valence-electron chi connectivity index (χ2n) is 2.35. The van der Waals surface area contributed by atoms with Gasteiger partial charge in [-0.15, -0.1) is 13.2 Å². The number of nitrogen functional groups attached to an aromatic ring is 1. The van der Waals surface area contributed by atoms with Gasteiger partial charge in [0.05, 0.1) is 5.69 Å². The third kappa shape index (κ3) is 2.66. The molecule has 0 fully saturated rings. The molecule has 0 aromatic heterocycles. The van der Waals surface area contributed by atoms with E-state index in [1.807, 2.05) is 0 Å². The summed E-state index contributed by atoms with van der Waals surface area (Å²) >= 11 is 5.36. The van der Waals surface area contributed by atoms with Crippen molar-refractivity contribution in [3.63, 3.8) is 0 Å². The summed E-state index contributed by atoms with van der Waals surface area (Å²) in [4.78, 5) is 0. The lowest BCUT2D eigenvalue weighted by Crippen LogP contribution is -2.18. The second-order valence-corrected chi connectivity index (χ2v) is 2.79. The zero-order valence-electron chi connectivity index (χ0n) is 6.53. The van der Waals surface area contributed by atoms with Crippen molar-refractivity contribution in [1.29, 1.82) is 0 Å². The zero-order chi connectivity index (χ0) is 10.9. The van der Waals surface area contributed by atoms with Gasteiger partial charge in [-0.2, -0.15) is 0 Å². The third-order valence-electron chi connectivity index (χ3n) is 1.26. The molecule has 7 heteroatoms. The van der Waals surface area contributed by atoms with Gasteiger partial charge in [-0.25, -0.2) is 4.39 Å². The summed E-state index contributed by atoms with van der Waals surface area (Å²) in [5, 5.41) is -0.136. The summed E-state index contributed by atoms with van der Waals surface area (Å²) in [7, 11) is 0. The van der Waals surface area contributed by atoms with Crippen LogP contribution in [0.3, 0.4) is 0 Å². The van der Waals surface area contributed by atoms with E-state index in [1.54, 1.807) is 0 Å². The lowest BCUT2D eigenvalue weighted by molar-refractivity contribution is -0.275. The van der Waals surface area contributed by atoms with Gasteiger partial charge >= 0.3 is 6.36 Å². The Morgan fingerprint density at radius 3 is 2.36 bits per heavy atom. The molecule has 0 aliphatic carbocycles. The third-order valence-corrected chi connectivity index (χ3v) is 1.48. The van der Waals surface area contributed by atoms with E-state index >= 15 is 0 Å². The van der Waals surface area contributed by atoms with Crippen LogP contribution in [0.4, 0.5) is 23.2 Å². The van der Waals surface area contributed by atoms with Crippen molar-refractivity contribution in [3.8, 4) is 5.75 Å². The lowest BCUT2D eigenvalue weighted by atomic mass is 10.3. The van der Waals surface area contributed by atoms with Crippen LogP contribution in [0.1, 0.15) is 0 Å². The van der Waals surface area contributed by atoms with Crippen LogP contribution in [0.2, 0.25) is 5.02 Å². The molecule has 0 aliphatic rings. The Morgan fingerprint density at radius 1 is 1.29 bits per heavy atom. The van der Waals surface area contributed by atoms with Gasteiger partial charge in [0.1, 0.15) is 0 Å². The Hall–Kier alpha value is -1.17. The van der Waals surface area contributed by atoms with Crippen LogP contribution in [0.15, 0.2) is 12.1 Å². The molecule has 2 nitrogen and oxygen atoms in total. The number of alkyl halides is 3. The summed E-state index contributed by atoms with van der Waals surface area (Å²) < 4.78 is 51.4. The largest absolute Gasteiger partial charge is 0.573 e. The van der Waals surface area contributed by atoms with E-state index in [1.165, 1.54) is 0 Å². The van der Waals surface area contributed by atoms with Crippen molar-refractivity contribution >= 4 is 17.3 Å². The number of hydrogen-bond acceptors (Lipinski definition) is 2. The highest BCUT2D eigenvalue weighted by Gasteiger charge is 2.32. The molecule has 1 aromatic carbocycles. The van der Waals surface area contributed by atoms with Crippen LogP contribution < -0.4 is 10.5 Å². The second kappa shape index (κ2) is 3.53. The van der Waals surface area contributed by atoms with Gasteiger partial charge in [-0.05, 0) is 6.07 Å². The highest BCUT2D eigenvalue weighted by atomic mass is 35.5. The summed E-state index contributed by atoms with van der Waals surface area (Å²) in [5.74, 6) is -2.32. The number of halogens is 5. The number of hydrogen-bond donors (Lipinski definition) is 1. The monoisotopic (exact) mass is 229 g/mol. The number of benzene rings is 1. The van der Waals surface area contributed by atoms with Gasteiger partial charge in [-0.1, -0.05) is 11.6 Å². The first kappa shape index (κ1) is 10.9. The summed E-state index contributed by atoms with van der Waals surface area (Å²) in [6.07, 6.45) is -4.97. The molecule has 0 radical (unpaired) electrons. The fraction of sp³-hybridized carbons (Fsp3) is 0.143. The molecule has 0 spiro atoms. The molecule has 78 valence electrons. The molecular formula is C7H4ClF4NO. The Kier molecular flexibility index (Phi) is 2.75. The Bertz CT molecular complexity index is 352. The minimum atomic E-state index is -4.97. The quantitative estimate of drug-likeness (QED) is 0.594. The number of anilines is 1. The molecule has 0 unspecified atom stereocenters. The van der Waals surface area contributed by atoms with Crippen LogP contribution in [0, 0.1) is 5.82 Å². The fourth-order valence-corrected chi connectivity index (χ4v) is 1.00. The lowest BCUT2D eigenvalue weighted by Gasteiger charge is -2.10. The van der Waals surface area contributed by atoms with E-state index in [-0.39, 0.29) is 5.02 Å². The van der Waals surface area contributed by atoms with Crippen LogP contribution >= 0.6 is 11.6 Å². The maximum atomic E-state index is 12.9. The molecular weight excluding hydrogens is 226 g/mol. The highest BCUT2D eigenvalue weighted by Crippen LogP contribution is 2.31. The number of ether oxygens (including phenoxy) is 1. The van der Waals surface area contributed by atoms with Gasteiger partial charge in [-0.3, -0.25) is 0 Å². The smallest absolute Gasteiger partial charge is 0.403 e. The average Bonchev–Trinajstić information content (AvgIpc) is 1.96. The van der Waals surface area contributed by atoms with Crippen LogP contribution in [0.25, 0.3) is 0 Å². The Balaban J connectivity index is 3.09.